The van der Waals surface area contributed by atoms with Crippen LogP contribution in [0.1, 0.15) is 29.5 Å². The monoisotopic (exact) mass is 424 g/mol. The molecule has 150 valence electrons. The van der Waals surface area contributed by atoms with Crippen LogP contribution in [0.2, 0.25) is 10.0 Å². The first kappa shape index (κ1) is 20.7. The summed E-state index contributed by atoms with van der Waals surface area (Å²) in [6.07, 6.45) is 3.76. The van der Waals surface area contributed by atoms with Crippen molar-refractivity contribution in [2.75, 3.05) is 18.8 Å². The van der Waals surface area contributed by atoms with Gasteiger partial charge in [-0.05, 0) is 41.7 Å². The Morgan fingerprint density at radius 3 is 2.79 bits per heavy atom. The molecule has 0 saturated carbocycles. The number of nitrogens with one attached hydrogen (secondary N) is 1. The average molecular weight is 425 g/mol. The molecule has 2 heterocycles. The number of halogens is 3. The van der Waals surface area contributed by atoms with Crippen molar-refractivity contribution in [2.24, 2.45) is 11.6 Å². The Morgan fingerprint density at radius 2 is 2.14 bits per heavy atom. The van der Waals surface area contributed by atoms with E-state index in [0.717, 1.165) is 18.7 Å². The zero-order valence-electron chi connectivity index (χ0n) is 15.4. The molecule has 1 saturated heterocycles. The van der Waals surface area contributed by atoms with Crippen molar-refractivity contribution in [1.29, 1.82) is 0 Å². The minimum Gasteiger partial charge on any atom is -0.397 e. The van der Waals surface area contributed by atoms with Crippen LogP contribution in [0.5, 0.6) is 0 Å². The lowest BCUT2D eigenvalue weighted by Gasteiger charge is -2.34. The first-order valence-corrected chi connectivity index (χ1v) is 9.62. The van der Waals surface area contributed by atoms with Crippen LogP contribution in [-0.2, 0) is 6.42 Å². The molecule has 0 aliphatic carbocycles. The van der Waals surface area contributed by atoms with Gasteiger partial charge in [0, 0.05) is 36.1 Å². The number of nitrogens with zero attached hydrogens (tertiary/aromatic N) is 2. The number of anilines is 1. The summed E-state index contributed by atoms with van der Waals surface area (Å²) in [5.74, 6) is 5.71. The summed E-state index contributed by atoms with van der Waals surface area (Å²) in [4.78, 5) is 4.24. The molecular weight excluding hydrogens is 402 g/mol. The normalized spacial score (nSPS) is 16.0. The maximum Gasteiger partial charge on any atom is 0.142 e. The quantitative estimate of drug-likeness (QED) is 0.322. The van der Waals surface area contributed by atoms with Crippen LogP contribution in [0.15, 0.2) is 30.6 Å². The summed E-state index contributed by atoms with van der Waals surface area (Å²) in [7, 11) is 0. The highest BCUT2D eigenvalue weighted by Gasteiger charge is 2.21. The molecule has 1 aromatic carbocycles. The van der Waals surface area contributed by atoms with Gasteiger partial charge in [0.05, 0.1) is 16.8 Å². The topological polar surface area (TPSA) is 106 Å². The summed E-state index contributed by atoms with van der Waals surface area (Å²) in [6, 6.07) is 4.83. The van der Waals surface area contributed by atoms with Gasteiger partial charge >= 0.3 is 0 Å². The zero-order chi connectivity index (χ0) is 20.4. The highest BCUT2D eigenvalue weighted by atomic mass is 35.5. The van der Waals surface area contributed by atoms with Crippen LogP contribution in [0.25, 0.3) is 5.70 Å². The number of rotatable bonds is 6. The SMILES string of the molecule is CC(Cc1cc(/C(N)=C/N(N)C2CNC2)cnc1N)c1c(Cl)ccc(F)c1Cl. The Balaban J connectivity index is 1.84. The zero-order valence-corrected chi connectivity index (χ0v) is 16.9. The lowest BCUT2D eigenvalue weighted by atomic mass is 9.93. The molecule has 1 aliphatic heterocycles. The Labute approximate surface area is 173 Å². The van der Waals surface area contributed by atoms with Crippen LogP contribution in [0.4, 0.5) is 10.2 Å². The van der Waals surface area contributed by atoms with Gasteiger partial charge in [-0.25, -0.2) is 15.2 Å². The molecule has 3 rings (SSSR count). The Kier molecular flexibility index (Phi) is 6.30. The van der Waals surface area contributed by atoms with Crippen LogP contribution in [0, 0.1) is 5.82 Å². The number of hydrogen-bond acceptors (Lipinski definition) is 6. The molecule has 1 fully saturated rings. The Morgan fingerprint density at radius 1 is 1.43 bits per heavy atom. The summed E-state index contributed by atoms with van der Waals surface area (Å²) in [5.41, 5.74) is 14.7. The second-order valence-electron chi connectivity index (χ2n) is 6.97. The number of hydrogen-bond donors (Lipinski definition) is 4. The largest absolute Gasteiger partial charge is 0.397 e. The molecule has 28 heavy (non-hydrogen) atoms. The number of benzene rings is 1. The predicted molar refractivity (Wildman–Crippen MR) is 112 cm³/mol. The van der Waals surface area contributed by atoms with Crippen molar-refractivity contribution in [3.63, 3.8) is 0 Å². The number of hydrazine groups is 1. The highest BCUT2D eigenvalue weighted by Crippen LogP contribution is 2.35. The number of aromatic nitrogens is 1. The fourth-order valence-corrected chi connectivity index (χ4v) is 3.84. The lowest BCUT2D eigenvalue weighted by Crippen LogP contribution is -2.57. The first-order chi connectivity index (χ1) is 13.3. The van der Waals surface area contributed by atoms with Crippen LogP contribution in [0.3, 0.4) is 0 Å². The van der Waals surface area contributed by atoms with E-state index in [1.165, 1.54) is 12.1 Å². The highest BCUT2D eigenvalue weighted by molar-refractivity contribution is 6.36. The van der Waals surface area contributed by atoms with Crippen molar-refractivity contribution in [1.82, 2.24) is 15.3 Å². The van der Waals surface area contributed by atoms with Crippen molar-refractivity contribution >= 4 is 34.7 Å². The maximum atomic E-state index is 13.9. The van der Waals surface area contributed by atoms with Crippen molar-refractivity contribution in [3.05, 3.63) is 63.1 Å². The first-order valence-electron chi connectivity index (χ1n) is 8.87. The molecule has 2 aromatic rings. The Bertz CT molecular complexity index is 900. The molecule has 0 bridgehead atoms. The smallest absolute Gasteiger partial charge is 0.142 e. The molecule has 1 aromatic heterocycles. The van der Waals surface area contributed by atoms with Gasteiger partial charge < -0.3 is 21.8 Å². The van der Waals surface area contributed by atoms with Gasteiger partial charge in [-0.2, -0.15) is 0 Å². The summed E-state index contributed by atoms with van der Waals surface area (Å²) < 4.78 is 13.9. The molecular formula is C19H23Cl2FN6. The third-order valence-corrected chi connectivity index (χ3v) is 5.62. The van der Waals surface area contributed by atoms with Crippen LogP contribution in [-0.4, -0.2) is 29.1 Å². The van der Waals surface area contributed by atoms with E-state index in [-0.39, 0.29) is 17.0 Å². The third kappa shape index (κ3) is 4.33. The van der Waals surface area contributed by atoms with Crippen molar-refractivity contribution < 1.29 is 4.39 Å². The van der Waals surface area contributed by atoms with E-state index in [1.54, 1.807) is 17.4 Å². The molecule has 0 spiro atoms. The fraction of sp³-hybridized carbons (Fsp3) is 0.316. The Hall–Kier alpha value is -2.06. The van der Waals surface area contributed by atoms with Gasteiger partial charge in [0.2, 0.25) is 0 Å². The summed E-state index contributed by atoms with van der Waals surface area (Å²) in [5, 5.41) is 5.18. The number of nitrogens with two attached hydrogens (primary N) is 3. The third-order valence-electron chi connectivity index (χ3n) is 4.90. The number of pyridine rings is 1. The fourth-order valence-electron chi connectivity index (χ4n) is 3.09. The van der Waals surface area contributed by atoms with Crippen LogP contribution >= 0.6 is 23.2 Å². The van der Waals surface area contributed by atoms with Crippen molar-refractivity contribution in [3.8, 4) is 0 Å². The molecule has 0 radical (unpaired) electrons. The van der Waals surface area contributed by atoms with E-state index in [4.69, 9.17) is 40.5 Å². The molecule has 0 amide bonds. The van der Waals surface area contributed by atoms with Gasteiger partial charge in [-0.3, -0.25) is 0 Å². The molecule has 9 heteroatoms. The summed E-state index contributed by atoms with van der Waals surface area (Å²) in [6.45, 7) is 3.54. The number of nitrogen functional groups attached to an aromatic ring is 1. The molecule has 1 atom stereocenters. The maximum absolute atomic E-state index is 13.9. The molecule has 1 unspecified atom stereocenters. The standard InChI is InChI=1S/C19H23Cl2FN6/c1-10(17-14(20)2-3-15(22)18(17)21)4-11-5-12(6-27-19(11)24)16(23)9-28(25)13-7-26-8-13/h2-3,5-6,9-10,13,26H,4,7-8,23,25H2,1H3,(H2,24,27)/b16-9-. The van der Waals surface area contributed by atoms with Gasteiger partial charge in [0.25, 0.3) is 0 Å². The second-order valence-corrected chi connectivity index (χ2v) is 7.76. The van der Waals surface area contributed by atoms with Gasteiger partial charge in [-0.15, -0.1) is 0 Å². The van der Waals surface area contributed by atoms with E-state index in [9.17, 15) is 4.39 Å². The lowest BCUT2D eigenvalue weighted by molar-refractivity contribution is 0.210. The van der Waals surface area contributed by atoms with Gasteiger partial charge in [0.15, 0.2) is 0 Å². The van der Waals surface area contributed by atoms with Crippen molar-refractivity contribution in [2.45, 2.75) is 25.3 Å². The minimum atomic E-state index is -0.506. The van der Waals surface area contributed by atoms with E-state index in [0.29, 0.717) is 34.1 Å². The van der Waals surface area contributed by atoms with E-state index in [2.05, 4.69) is 10.3 Å². The molecule has 7 N–H and O–H groups in total. The van der Waals surface area contributed by atoms with E-state index >= 15 is 0 Å². The molecule has 1 aliphatic rings. The second kappa shape index (κ2) is 8.53. The van der Waals surface area contributed by atoms with E-state index in [1.807, 2.05) is 13.0 Å². The van der Waals surface area contributed by atoms with Gasteiger partial charge in [-0.1, -0.05) is 30.1 Å². The summed E-state index contributed by atoms with van der Waals surface area (Å²) >= 11 is 12.4. The average Bonchev–Trinajstić information content (AvgIpc) is 2.58. The van der Waals surface area contributed by atoms with Crippen LogP contribution < -0.4 is 22.6 Å². The van der Waals surface area contributed by atoms with E-state index < -0.39 is 5.82 Å². The molecule has 6 nitrogen and oxygen atoms in total. The van der Waals surface area contributed by atoms with Gasteiger partial charge in [0.1, 0.15) is 11.6 Å². The minimum absolute atomic E-state index is 0.0231. The predicted octanol–water partition coefficient (Wildman–Crippen LogP) is 2.86.